The van der Waals surface area contributed by atoms with E-state index in [0.717, 1.165) is 31.2 Å². The fourth-order valence-corrected chi connectivity index (χ4v) is 4.36. The molecule has 0 atom stereocenters. The molecule has 3 rings (SSSR count). The van der Waals surface area contributed by atoms with Gasteiger partial charge in [-0.1, -0.05) is 49.1 Å². The van der Waals surface area contributed by atoms with E-state index in [-0.39, 0.29) is 10.9 Å². The van der Waals surface area contributed by atoms with Crippen molar-refractivity contribution in [1.29, 1.82) is 0 Å². The largest absolute Gasteiger partial charge is 0.255 e. The summed E-state index contributed by atoms with van der Waals surface area (Å²) in [6.07, 6.45) is 6.55. The maximum absolute atomic E-state index is 12.4. The number of benzene rings is 1. The Hall–Kier alpha value is -1.43. The average molecular weight is 351 g/mol. The molecule has 122 valence electrons. The van der Waals surface area contributed by atoms with Gasteiger partial charge in [0.1, 0.15) is 4.90 Å². The van der Waals surface area contributed by atoms with Crippen molar-refractivity contribution < 1.29 is 8.42 Å². The van der Waals surface area contributed by atoms with Gasteiger partial charge in [-0.15, -0.1) is 0 Å². The number of hydrogen-bond donors (Lipinski definition) is 1. The van der Waals surface area contributed by atoms with E-state index >= 15 is 0 Å². The molecule has 0 bridgehead atoms. The minimum Gasteiger partial charge on any atom is -0.255 e. The van der Waals surface area contributed by atoms with Gasteiger partial charge in [0.2, 0.25) is 10.0 Å². The molecule has 0 spiro atoms. The molecule has 0 amide bonds. The molecule has 4 nitrogen and oxygen atoms in total. The van der Waals surface area contributed by atoms with Crippen LogP contribution in [0.3, 0.4) is 0 Å². The third kappa shape index (κ3) is 3.91. The van der Waals surface area contributed by atoms with Gasteiger partial charge in [-0.05, 0) is 31.0 Å². The quantitative estimate of drug-likeness (QED) is 0.906. The minimum absolute atomic E-state index is 0.0389. The van der Waals surface area contributed by atoms with Crippen LogP contribution in [0.4, 0.5) is 0 Å². The smallest absolute Gasteiger partial charge is 0.242 e. The summed E-state index contributed by atoms with van der Waals surface area (Å²) in [5.41, 5.74) is 1.45. The Labute approximate surface area is 142 Å². The zero-order valence-electron chi connectivity index (χ0n) is 12.7. The molecular formula is C17H19ClN2O2S. The van der Waals surface area contributed by atoms with Gasteiger partial charge in [-0.3, -0.25) is 4.98 Å². The van der Waals surface area contributed by atoms with Gasteiger partial charge in [-0.25, -0.2) is 13.1 Å². The predicted octanol–water partition coefficient (Wildman–Crippen LogP) is 4.01. The van der Waals surface area contributed by atoms with Crippen LogP contribution in [0.15, 0.2) is 47.5 Å². The molecule has 0 radical (unpaired) electrons. The molecule has 1 aromatic heterocycles. The standard InChI is InChI=1S/C17H19ClN2O2S/c18-16-9-5-4-8-15(16)17-11-10-14(12-19-17)23(21,22)20-13-6-2-1-3-7-13/h4-5,8-13,20H,1-3,6-7H2. The molecular weight excluding hydrogens is 332 g/mol. The summed E-state index contributed by atoms with van der Waals surface area (Å²) < 4.78 is 27.7. The van der Waals surface area contributed by atoms with Crippen molar-refractivity contribution in [3.63, 3.8) is 0 Å². The highest BCUT2D eigenvalue weighted by molar-refractivity contribution is 7.89. The van der Waals surface area contributed by atoms with Crippen LogP contribution < -0.4 is 4.72 Å². The van der Waals surface area contributed by atoms with Gasteiger partial charge in [0.15, 0.2) is 0 Å². The van der Waals surface area contributed by atoms with E-state index in [1.807, 2.05) is 18.2 Å². The van der Waals surface area contributed by atoms with E-state index in [1.165, 1.54) is 12.6 Å². The van der Waals surface area contributed by atoms with Crippen molar-refractivity contribution in [3.05, 3.63) is 47.6 Å². The molecule has 0 aliphatic heterocycles. The summed E-state index contributed by atoms with van der Waals surface area (Å²) in [5, 5.41) is 0.593. The lowest BCUT2D eigenvalue weighted by atomic mass is 9.96. The van der Waals surface area contributed by atoms with Crippen molar-refractivity contribution >= 4 is 21.6 Å². The maximum Gasteiger partial charge on any atom is 0.242 e. The van der Waals surface area contributed by atoms with E-state index in [9.17, 15) is 8.42 Å². The van der Waals surface area contributed by atoms with Gasteiger partial charge < -0.3 is 0 Å². The van der Waals surface area contributed by atoms with Gasteiger partial charge >= 0.3 is 0 Å². The summed E-state index contributed by atoms with van der Waals surface area (Å²) in [5.74, 6) is 0. The first-order chi connectivity index (χ1) is 11.1. The van der Waals surface area contributed by atoms with Gasteiger partial charge in [-0.2, -0.15) is 0 Å². The van der Waals surface area contributed by atoms with Crippen LogP contribution in [0.1, 0.15) is 32.1 Å². The highest BCUT2D eigenvalue weighted by Gasteiger charge is 2.22. The monoisotopic (exact) mass is 350 g/mol. The summed E-state index contributed by atoms with van der Waals surface area (Å²) in [6.45, 7) is 0. The van der Waals surface area contributed by atoms with Crippen LogP contribution in [-0.2, 0) is 10.0 Å². The van der Waals surface area contributed by atoms with Crippen molar-refractivity contribution in [3.8, 4) is 11.3 Å². The number of halogens is 1. The molecule has 2 aromatic rings. The normalized spacial score (nSPS) is 16.4. The Morgan fingerprint density at radius 2 is 1.78 bits per heavy atom. The summed E-state index contributed by atoms with van der Waals surface area (Å²) >= 11 is 6.15. The van der Waals surface area contributed by atoms with Crippen molar-refractivity contribution in [1.82, 2.24) is 9.71 Å². The topological polar surface area (TPSA) is 59.1 Å². The second-order valence-corrected chi connectivity index (χ2v) is 7.94. The van der Waals surface area contributed by atoms with E-state index in [4.69, 9.17) is 11.6 Å². The first-order valence-corrected chi connectivity index (χ1v) is 9.66. The van der Waals surface area contributed by atoms with Crippen molar-refractivity contribution in [2.75, 3.05) is 0 Å². The Balaban J connectivity index is 1.80. The lowest BCUT2D eigenvalue weighted by Gasteiger charge is -2.22. The molecule has 1 saturated carbocycles. The first kappa shape index (κ1) is 16.4. The zero-order valence-corrected chi connectivity index (χ0v) is 14.3. The van der Waals surface area contributed by atoms with Gasteiger partial charge in [0, 0.05) is 22.8 Å². The minimum atomic E-state index is -3.51. The highest BCUT2D eigenvalue weighted by Crippen LogP contribution is 2.26. The number of nitrogens with zero attached hydrogens (tertiary/aromatic N) is 1. The Bertz CT molecular complexity index is 769. The molecule has 1 fully saturated rings. The second kappa shape index (κ2) is 6.99. The molecule has 1 N–H and O–H groups in total. The van der Waals surface area contributed by atoms with Crippen molar-refractivity contribution in [2.24, 2.45) is 0 Å². The van der Waals surface area contributed by atoms with Crippen LogP contribution in [-0.4, -0.2) is 19.4 Å². The highest BCUT2D eigenvalue weighted by atomic mass is 35.5. The van der Waals surface area contributed by atoms with Crippen LogP contribution in [0.2, 0.25) is 5.02 Å². The third-order valence-corrected chi connectivity index (χ3v) is 5.96. The van der Waals surface area contributed by atoms with E-state index in [2.05, 4.69) is 9.71 Å². The Kier molecular flexibility index (Phi) is 4.99. The number of aromatic nitrogens is 1. The zero-order chi connectivity index (χ0) is 16.3. The first-order valence-electron chi connectivity index (χ1n) is 7.79. The number of rotatable bonds is 4. The van der Waals surface area contributed by atoms with Crippen LogP contribution in [0, 0.1) is 0 Å². The fourth-order valence-electron chi connectivity index (χ4n) is 2.88. The lowest BCUT2D eigenvalue weighted by Crippen LogP contribution is -2.36. The van der Waals surface area contributed by atoms with Crippen LogP contribution in [0.5, 0.6) is 0 Å². The Morgan fingerprint density at radius 1 is 1.04 bits per heavy atom. The molecule has 6 heteroatoms. The number of hydrogen-bond acceptors (Lipinski definition) is 3. The average Bonchev–Trinajstić information content (AvgIpc) is 2.56. The van der Waals surface area contributed by atoms with Crippen LogP contribution in [0.25, 0.3) is 11.3 Å². The van der Waals surface area contributed by atoms with Crippen molar-refractivity contribution in [2.45, 2.75) is 43.0 Å². The maximum atomic E-state index is 12.4. The summed E-state index contributed by atoms with van der Waals surface area (Å²) in [7, 11) is -3.51. The van der Waals surface area contributed by atoms with Gasteiger partial charge in [0.05, 0.1) is 5.69 Å². The van der Waals surface area contributed by atoms with E-state index in [0.29, 0.717) is 10.7 Å². The number of nitrogens with one attached hydrogen (secondary N) is 1. The third-order valence-electron chi connectivity index (χ3n) is 4.12. The van der Waals surface area contributed by atoms with E-state index in [1.54, 1.807) is 18.2 Å². The molecule has 0 unspecified atom stereocenters. The second-order valence-electron chi connectivity index (χ2n) is 5.82. The molecule has 1 aliphatic carbocycles. The number of sulfonamides is 1. The van der Waals surface area contributed by atoms with Crippen LogP contribution >= 0.6 is 11.6 Å². The summed E-state index contributed by atoms with van der Waals surface area (Å²) in [4.78, 5) is 4.46. The molecule has 23 heavy (non-hydrogen) atoms. The van der Waals surface area contributed by atoms with Gasteiger partial charge in [0.25, 0.3) is 0 Å². The SMILES string of the molecule is O=S(=O)(NC1CCCCC1)c1ccc(-c2ccccc2Cl)nc1. The predicted molar refractivity (Wildman–Crippen MR) is 91.9 cm³/mol. The Morgan fingerprint density at radius 3 is 2.43 bits per heavy atom. The molecule has 1 aliphatic rings. The molecule has 1 heterocycles. The number of pyridine rings is 1. The lowest BCUT2D eigenvalue weighted by molar-refractivity contribution is 0.412. The fraction of sp³-hybridized carbons (Fsp3) is 0.353. The molecule has 0 saturated heterocycles. The summed E-state index contributed by atoms with van der Waals surface area (Å²) in [6, 6.07) is 10.7. The van der Waals surface area contributed by atoms with E-state index < -0.39 is 10.0 Å². The molecule has 1 aromatic carbocycles.